The van der Waals surface area contributed by atoms with E-state index in [2.05, 4.69) is 50.4 Å². The number of rotatable bonds is 7. The van der Waals surface area contributed by atoms with E-state index >= 15 is 0 Å². The van der Waals surface area contributed by atoms with E-state index < -0.39 is 0 Å². The molecule has 0 spiro atoms. The summed E-state index contributed by atoms with van der Waals surface area (Å²) in [5, 5.41) is 8.24. The zero-order valence-corrected chi connectivity index (χ0v) is 12.2. The molecule has 1 aliphatic carbocycles. The molecule has 1 heterocycles. The Balaban J connectivity index is 1.80. The highest BCUT2D eigenvalue weighted by Gasteiger charge is 2.23. The molecule has 0 saturated heterocycles. The predicted molar refractivity (Wildman–Crippen MR) is 75.7 cm³/mol. The van der Waals surface area contributed by atoms with Gasteiger partial charge in [0.2, 0.25) is 0 Å². The molecule has 2 rings (SSSR count). The maximum absolute atomic E-state index is 4.65. The SMILES string of the molecule is CC(C)n1ccc(CC(C)(C)CCNC2CC2)n1. The van der Waals surface area contributed by atoms with Gasteiger partial charge in [0.1, 0.15) is 0 Å². The van der Waals surface area contributed by atoms with Crippen molar-refractivity contribution < 1.29 is 0 Å². The average molecular weight is 249 g/mol. The topological polar surface area (TPSA) is 29.9 Å². The Bertz CT molecular complexity index is 375. The van der Waals surface area contributed by atoms with Gasteiger partial charge in [0.25, 0.3) is 0 Å². The molecule has 3 nitrogen and oxygen atoms in total. The summed E-state index contributed by atoms with van der Waals surface area (Å²) in [5.74, 6) is 0. The molecule has 1 aromatic heterocycles. The first-order valence-electron chi connectivity index (χ1n) is 7.24. The van der Waals surface area contributed by atoms with Crippen LogP contribution in [0.5, 0.6) is 0 Å². The molecule has 102 valence electrons. The molecular weight excluding hydrogens is 222 g/mol. The van der Waals surface area contributed by atoms with E-state index in [0.717, 1.165) is 19.0 Å². The second-order valence-corrected chi connectivity index (χ2v) is 6.70. The standard InChI is InChI=1S/C15H27N3/c1-12(2)18-10-7-14(17-18)11-15(3,4)8-9-16-13-5-6-13/h7,10,12-13,16H,5-6,8-9,11H2,1-4H3. The molecule has 1 fully saturated rings. The lowest BCUT2D eigenvalue weighted by atomic mass is 9.84. The molecule has 0 aromatic carbocycles. The van der Waals surface area contributed by atoms with Gasteiger partial charge in [-0.05, 0) is 57.6 Å². The molecule has 0 amide bonds. The smallest absolute Gasteiger partial charge is 0.0630 e. The number of hydrogen-bond donors (Lipinski definition) is 1. The van der Waals surface area contributed by atoms with Crippen LogP contribution in [0.15, 0.2) is 12.3 Å². The fraction of sp³-hybridized carbons (Fsp3) is 0.800. The van der Waals surface area contributed by atoms with Crippen molar-refractivity contribution in [1.29, 1.82) is 0 Å². The van der Waals surface area contributed by atoms with Gasteiger partial charge in [-0.15, -0.1) is 0 Å². The van der Waals surface area contributed by atoms with E-state index in [1.165, 1.54) is 25.0 Å². The first kappa shape index (κ1) is 13.6. The fourth-order valence-electron chi connectivity index (χ4n) is 2.24. The molecule has 0 radical (unpaired) electrons. The van der Waals surface area contributed by atoms with Crippen LogP contribution in [0.2, 0.25) is 0 Å². The molecule has 0 atom stereocenters. The van der Waals surface area contributed by atoms with Gasteiger partial charge in [-0.3, -0.25) is 4.68 Å². The molecule has 1 saturated carbocycles. The van der Waals surface area contributed by atoms with Gasteiger partial charge in [-0.1, -0.05) is 13.8 Å². The van der Waals surface area contributed by atoms with E-state index in [9.17, 15) is 0 Å². The summed E-state index contributed by atoms with van der Waals surface area (Å²) in [4.78, 5) is 0. The first-order valence-corrected chi connectivity index (χ1v) is 7.24. The van der Waals surface area contributed by atoms with Gasteiger partial charge >= 0.3 is 0 Å². The Morgan fingerprint density at radius 1 is 1.44 bits per heavy atom. The zero-order valence-electron chi connectivity index (χ0n) is 12.2. The lowest BCUT2D eigenvalue weighted by molar-refractivity contribution is 0.320. The van der Waals surface area contributed by atoms with Crippen LogP contribution in [-0.2, 0) is 6.42 Å². The van der Waals surface area contributed by atoms with Crippen LogP contribution in [0, 0.1) is 5.41 Å². The van der Waals surface area contributed by atoms with Crippen LogP contribution in [0.1, 0.15) is 58.7 Å². The summed E-state index contributed by atoms with van der Waals surface area (Å²) >= 11 is 0. The summed E-state index contributed by atoms with van der Waals surface area (Å²) in [7, 11) is 0. The van der Waals surface area contributed by atoms with Gasteiger partial charge in [0.15, 0.2) is 0 Å². The van der Waals surface area contributed by atoms with Crippen molar-refractivity contribution in [2.75, 3.05) is 6.54 Å². The van der Waals surface area contributed by atoms with Crippen LogP contribution in [0.3, 0.4) is 0 Å². The van der Waals surface area contributed by atoms with Crippen molar-refractivity contribution in [1.82, 2.24) is 15.1 Å². The highest BCUT2D eigenvalue weighted by molar-refractivity contribution is 5.02. The largest absolute Gasteiger partial charge is 0.314 e. The second kappa shape index (κ2) is 5.43. The van der Waals surface area contributed by atoms with Crippen molar-refractivity contribution in [3.8, 4) is 0 Å². The third-order valence-corrected chi connectivity index (χ3v) is 3.66. The molecule has 1 aliphatic rings. The zero-order chi connectivity index (χ0) is 13.2. The quantitative estimate of drug-likeness (QED) is 0.804. The highest BCUT2D eigenvalue weighted by atomic mass is 15.3. The van der Waals surface area contributed by atoms with E-state index in [4.69, 9.17) is 0 Å². The Morgan fingerprint density at radius 3 is 2.72 bits per heavy atom. The summed E-state index contributed by atoms with van der Waals surface area (Å²) in [5.41, 5.74) is 1.55. The van der Waals surface area contributed by atoms with E-state index in [-0.39, 0.29) is 0 Å². The van der Waals surface area contributed by atoms with E-state index in [1.807, 2.05) is 4.68 Å². The summed E-state index contributed by atoms with van der Waals surface area (Å²) in [6.07, 6.45) is 7.13. The molecular formula is C15H27N3. The van der Waals surface area contributed by atoms with Crippen LogP contribution < -0.4 is 5.32 Å². The van der Waals surface area contributed by atoms with Crippen LogP contribution >= 0.6 is 0 Å². The summed E-state index contributed by atoms with van der Waals surface area (Å²) < 4.78 is 2.05. The summed E-state index contributed by atoms with van der Waals surface area (Å²) in [6.45, 7) is 10.2. The van der Waals surface area contributed by atoms with Crippen molar-refractivity contribution in [2.24, 2.45) is 5.41 Å². The van der Waals surface area contributed by atoms with Gasteiger partial charge in [-0.25, -0.2) is 0 Å². The Labute approximate surface area is 111 Å². The van der Waals surface area contributed by atoms with Gasteiger partial charge < -0.3 is 5.32 Å². The predicted octanol–water partition coefficient (Wildman–Crippen LogP) is 3.17. The van der Waals surface area contributed by atoms with Crippen molar-refractivity contribution in [3.63, 3.8) is 0 Å². The van der Waals surface area contributed by atoms with Gasteiger partial charge in [-0.2, -0.15) is 5.10 Å². The minimum atomic E-state index is 0.331. The number of hydrogen-bond acceptors (Lipinski definition) is 2. The van der Waals surface area contributed by atoms with Crippen LogP contribution in [0.4, 0.5) is 0 Å². The molecule has 0 unspecified atom stereocenters. The van der Waals surface area contributed by atoms with E-state index in [1.54, 1.807) is 0 Å². The third kappa shape index (κ3) is 4.13. The molecule has 18 heavy (non-hydrogen) atoms. The number of nitrogens with one attached hydrogen (secondary N) is 1. The Kier molecular flexibility index (Phi) is 4.10. The number of nitrogens with zero attached hydrogens (tertiary/aromatic N) is 2. The summed E-state index contributed by atoms with van der Waals surface area (Å²) in [6, 6.07) is 3.44. The van der Waals surface area contributed by atoms with Gasteiger partial charge in [0, 0.05) is 18.3 Å². The lowest BCUT2D eigenvalue weighted by Gasteiger charge is -2.23. The monoisotopic (exact) mass is 249 g/mol. The second-order valence-electron chi connectivity index (χ2n) is 6.70. The normalized spacial score (nSPS) is 16.5. The Hall–Kier alpha value is -0.830. The molecule has 1 N–H and O–H groups in total. The lowest BCUT2D eigenvalue weighted by Crippen LogP contribution is -2.25. The van der Waals surface area contributed by atoms with Crippen molar-refractivity contribution >= 4 is 0 Å². The third-order valence-electron chi connectivity index (χ3n) is 3.66. The maximum Gasteiger partial charge on any atom is 0.0630 e. The minimum Gasteiger partial charge on any atom is -0.314 e. The molecule has 0 aliphatic heterocycles. The van der Waals surface area contributed by atoms with Crippen LogP contribution in [0.25, 0.3) is 0 Å². The Morgan fingerprint density at radius 2 is 2.17 bits per heavy atom. The van der Waals surface area contributed by atoms with Crippen molar-refractivity contribution in [2.45, 2.75) is 65.5 Å². The first-order chi connectivity index (χ1) is 8.46. The molecule has 3 heteroatoms. The molecule has 1 aromatic rings. The minimum absolute atomic E-state index is 0.331. The highest BCUT2D eigenvalue weighted by Crippen LogP contribution is 2.26. The van der Waals surface area contributed by atoms with Crippen LogP contribution in [-0.4, -0.2) is 22.4 Å². The van der Waals surface area contributed by atoms with Crippen molar-refractivity contribution in [3.05, 3.63) is 18.0 Å². The number of aromatic nitrogens is 2. The van der Waals surface area contributed by atoms with E-state index in [0.29, 0.717) is 11.5 Å². The average Bonchev–Trinajstić information content (AvgIpc) is 2.96. The fourth-order valence-corrected chi connectivity index (χ4v) is 2.24. The molecule has 0 bridgehead atoms. The van der Waals surface area contributed by atoms with Gasteiger partial charge in [0.05, 0.1) is 5.69 Å². The maximum atomic E-state index is 4.65.